The van der Waals surface area contributed by atoms with Crippen LogP contribution < -0.4 is 4.90 Å². The summed E-state index contributed by atoms with van der Waals surface area (Å²) in [7, 11) is 0. The highest BCUT2D eigenvalue weighted by Crippen LogP contribution is 2.45. The molecule has 7 aromatic rings. The molecule has 42 heavy (non-hydrogen) atoms. The van der Waals surface area contributed by atoms with Crippen molar-refractivity contribution in [3.8, 4) is 28.3 Å². The van der Waals surface area contributed by atoms with Crippen molar-refractivity contribution < 1.29 is 13.2 Å². The maximum Gasteiger partial charge on any atom is 0.153 e. The molecular formula is C37H22F2N2O. The van der Waals surface area contributed by atoms with Crippen LogP contribution in [0.5, 0.6) is 0 Å². The van der Waals surface area contributed by atoms with Gasteiger partial charge in [0.2, 0.25) is 0 Å². The largest absolute Gasteiger partial charge is 0.455 e. The summed E-state index contributed by atoms with van der Waals surface area (Å²) >= 11 is 0. The van der Waals surface area contributed by atoms with Gasteiger partial charge in [0, 0.05) is 33.7 Å². The maximum atomic E-state index is 13.9. The van der Waals surface area contributed by atoms with E-state index in [1.54, 1.807) is 30.3 Å². The smallest absolute Gasteiger partial charge is 0.153 e. The van der Waals surface area contributed by atoms with Gasteiger partial charge in [0.05, 0.1) is 16.9 Å². The summed E-state index contributed by atoms with van der Waals surface area (Å²) in [5.74, 6) is -0.608. The van der Waals surface area contributed by atoms with Gasteiger partial charge in [-0.2, -0.15) is 5.26 Å². The van der Waals surface area contributed by atoms with E-state index in [1.807, 2.05) is 78.9 Å². The van der Waals surface area contributed by atoms with Crippen LogP contribution in [0.3, 0.4) is 0 Å². The monoisotopic (exact) mass is 548 g/mol. The van der Waals surface area contributed by atoms with Crippen LogP contribution in [-0.4, -0.2) is 0 Å². The summed E-state index contributed by atoms with van der Waals surface area (Å²) in [5.41, 5.74) is 7.77. The van der Waals surface area contributed by atoms with Crippen LogP contribution in [0.1, 0.15) is 5.56 Å². The fraction of sp³-hybridized carbons (Fsp3) is 0. The minimum Gasteiger partial charge on any atom is -0.455 e. The van der Waals surface area contributed by atoms with E-state index in [4.69, 9.17) is 4.42 Å². The molecule has 0 unspecified atom stereocenters. The van der Waals surface area contributed by atoms with Crippen molar-refractivity contribution >= 4 is 39.0 Å². The highest BCUT2D eigenvalue weighted by atomic mass is 19.1. The first-order chi connectivity index (χ1) is 20.6. The molecule has 0 N–H and O–H groups in total. The molecule has 200 valence electrons. The van der Waals surface area contributed by atoms with Crippen LogP contribution in [0.15, 0.2) is 138 Å². The normalized spacial score (nSPS) is 11.1. The van der Waals surface area contributed by atoms with E-state index in [1.165, 1.54) is 24.3 Å². The third-order valence-corrected chi connectivity index (χ3v) is 7.46. The van der Waals surface area contributed by atoms with E-state index in [0.29, 0.717) is 16.7 Å². The van der Waals surface area contributed by atoms with Crippen molar-refractivity contribution in [2.45, 2.75) is 0 Å². The van der Waals surface area contributed by atoms with E-state index in [0.717, 1.165) is 50.1 Å². The van der Waals surface area contributed by atoms with E-state index in [2.05, 4.69) is 11.0 Å². The van der Waals surface area contributed by atoms with Gasteiger partial charge in [-0.25, -0.2) is 8.78 Å². The highest BCUT2D eigenvalue weighted by molar-refractivity contribution is 6.08. The number of anilines is 3. The molecule has 0 amide bonds. The third kappa shape index (κ3) is 4.36. The number of furan rings is 1. The minimum absolute atomic E-state index is 0.304. The summed E-state index contributed by atoms with van der Waals surface area (Å²) < 4.78 is 34.0. The number of hydrogen-bond donors (Lipinski definition) is 0. The van der Waals surface area contributed by atoms with Crippen molar-refractivity contribution in [1.29, 1.82) is 5.26 Å². The molecule has 1 aromatic heterocycles. The molecule has 3 nitrogen and oxygen atoms in total. The summed E-state index contributed by atoms with van der Waals surface area (Å²) in [6, 6.07) is 42.6. The first-order valence-electron chi connectivity index (χ1n) is 13.5. The first-order valence-corrected chi connectivity index (χ1v) is 13.5. The zero-order valence-electron chi connectivity index (χ0n) is 22.3. The summed E-state index contributed by atoms with van der Waals surface area (Å²) in [4.78, 5) is 2.13. The van der Waals surface area contributed by atoms with E-state index in [-0.39, 0.29) is 11.6 Å². The second kappa shape index (κ2) is 10.3. The highest BCUT2D eigenvalue weighted by Gasteiger charge is 2.22. The summed E-state index contributed by atoms with van der Waals surface area (Å²) in [6.45, 7) is 0. The Kier molecular flexibility index (Phi) is 6.22. The molecule has 1 heterocycles. The van der Waals surface area contributed by atoms with E-state index < -0.39 is 0 Å². The van der Waals surface area contributed by atoms with Gasteiger partial charge < -0.3 is 9.32 Å². The van der Waals surface area contributed by atoms with Crippen LogP contribution in [0.4, 0.5) is 25.8 Å². The summed E-state index contributed by atoms with van der Waals surface area (Å²) in [6.07, 6.45) is 0. The van der Waals surface area contributed by atoms with Gasteiger partial charge in [-0.05, 0) is 65.7 Å². The lowest BCUT2D eigenvalue weighted by molar-refractivity contribution is 0.627. The molecule has 0 atom stereocenters. The number of para-hydroxylation sites is 3. The van der Waals surface area contributed by atoms with Gasteiger partial charge in [0.1, 0.15) is 23.3 Å². The number of halogens is 2. The second-order valence-electron chi connectivity index (χ2n) is 9.96. The molecule has 5 heteroatoms. The van der Waals surface area contributed by atoms with Gasteiger partial charge in [0.15, 0.2) is 5.58 Å². The van der Waals surface area contributed by atoms with Crippen molar-refractivity contribution in [3.05, 3.63) is 151 Å². The first kappa shape index (κ1) is 25.3. The molecule has 0 saturated carbocycles. The van der Waals surface area contributed by atoms with Crippen molar-refractivity contribution in [2.75, 3.05) is 4.90 Å². The summed E-state index contributed by atoms with van der Waals surface area (Å²) in [5, 5.41) is 11.4. The van der Waals surface area contributed by atoms with Crippen LogP contribution in [-0.2, 0) is 0 Å². The fourth-order valence-corrected chi connectivity index (χ4v) is 5.51. The van der Waals surface area contributed by atoms with Crippen molar-refractivity contribution in [1.82, 2.24) is 0 Å². The zero-order chi connectivity index (χ0) is 28.6. The lowest BCUT2D eigenvalue weighted by Crippen LogP contribution is -2.12. The topological polar surface area (TPSA) is 40.2 Å². The van der Waals surface area contributed by atoms with E-state index >= 15 is 0 Å². The molecule has 0 saturated heterocycles. The number of nitriles is 1. The van der Waals surface area contributed by atoms with Crippen LogP contribution in [0.25, 0.3) is 44.2 Å². The predicted octanol–water partition coefficient (Wildman–Crippen LogP) is 10.5. The van der Waals surface area contributed by atoms with Gasteiger partial charge in [0.25, 0.3) is 0 Å². The molecule has 0 aliphatic carbocycles. The molecule has 0 aliphatic rings. The molecule has 0 fully saturated rings. The van der Waals surface area contributed by atoms with Gasteiger partial charge in [-0.1, -0.05) is 72.8 Å². The Bertz CT molecular complexity index is 2030. The van der Waals surface area contributed by atoms with Crippen molar-refractivity contribution in [2.24, 2.45) is 0 Å². The predicted molar refractivity (Wildman–Crippen MR) is 164 cm³/mol. The Morgan fingerprint density at radius 3 is 1.71 bits per heavy atom. The van der Waals surface area contributed by atoms with Crippen LogP contribution >= 0.6 is 0 Å². The lowest BCUT2D eigenvalue weighted by Gasteiger charge is -2.30. The molecule has 0 spiro atoms. The van der Waals surface area contributed by atoms with Gasteiger partial charge in [-0.3, -0.25) is 0 Å². The quantitative estimate of drug-likeness (QED) is 0.215. The molecule has 0 aliphatic heterocycles. The Morgan fingerprint density at radius 1 is 0.571 bits per heavy atom. The molecule has 0 radical (unpaired) electrons. The Hall–Kier alpha value is -5.73. The number of nitrogens with zero attached hydrogens (tertiary/aromatic N) is 2. The van der Waals surface area contributed by atoms with Crippen LogP contribution in [0.2, 0.25) is 0 Å². The SMILES string of the molecule is N#Cc1cccc2c1oc1cc(N(c3ccccc3-c3ccc(F)cc3)c3ccccc3-c3ccc(F)cc3)ccc12. The average Bonchev–Trinajstić information content (AvgIpc) is 3.41. The molecule has 7 rings (SSSR count). The van der Waals surface area contributed by atoms with Crippen LogP contribution in [0, 0.1) is 23.0 Å². The average molecular weight is 549 g/mol. The van der Waals surface area contributed by atoms with Gasteiger partial charge in [-0.15, -0.1) is 0 Å². The van der Waals surface area contributed by atoms with Gasteiger partial charge >= 0.3 is 0 Å². The maximum absolute atomic E-state index is 13.9. The number of fused-ring (bicyclic) bond motifs is 3. The molecule has 0 bridgehead atoms. The standard InChI is InChI=1S/C37H22F2N2O/c38-27-16-12-24(13-17-27)30-7-1-3-10-34(30)41(35-11-4-2-8-31(35)25-14-18-28(39)19-15-25)29-20-21-32-33-9-5-6-26(23-40)37(33)42-36(32)22-29/h1-22H. The Balaban J connectivity index is 1.50. The Labute approximate surface area is 241 Å². The number of rotatable bonds is 5. The minimum atomic E-state index is -0.304. The molecule has 6 aromatic carbocycles. The Morgan fingerprint density at radius 2 is 1.14 bits per heavy atom. The second-order valence-corrected chi connectivity index (χ2v) is 9.96. The number of benzene rings is 6. The zero-order valence-corrected chi connectivity index (χ0v) is 22.3. The molecular weight excluding hydrogens is 526 g/mol. The van der Waals surface area contributed by atoms with E-state index in [9.17, 15) is 14.0 Å². The lowest BCUT2D eigenvalue weighted by atomic mass is 9.98. The fourth-order valence-electron chi connectivity index (χ4n) is 5.51. The van der Waals surface area contributed by atoms with Crippen molar-refractivity contribution in [3.63, 3.8) is 0 Å². The number of hydrogen-bond acceptors (Lipinski definition) is 3. The third-order valence-electron chi connectivity index (χ3n) is 7.46.